The number of aryl methyl sites for hydroxylation is 1. The monoisotopic (exact) mass is 435 g/mol. The van der Waals surface area contributed by atoms with E-state index in [9.17, 15) is 4.79 Å². The third kappa shape index (κ3) is 5.90. The summed E-state index contributed by atoms with van der Waals surface area (Å²) < 4.78 is 16.3. The molecule has 0 atom stereocenters. The molecule has 0 aliphatic carbocycles. The van der Waals surface area contributed by atoms with Crippen LogP contribution in [0.5, 0.6) is 11.6 Å². The Hall–Kier alpha value is -3.71. The molecule has 0 amide bonds. The fourth-order valence-electron chi connectivity index (χ4n) is 2.73. The predicted octanol–water partition coefficient (Wildman–Crippen LogP) is 5.25. The summed E-state index contributed by atoms with van der Waals surface area (Å²) in [4.78, 5) is 20.4. The molecule has 8 heteroatoms. The molecule has 0 saturated heterocycles. The van der Waals surface area contributed by atoms with Gasteiger partial charge in [-0.05, 0) is 23.8 Å². The van der Waals surface area contributed by atoms with Crippen molar-refractivity contribution in [3.63, 3.8) is 0 Å². The molecule has 0 aliphatic rings. The first kappa shape index (κ1) is 20.6. The number of esters is 1. The zero-order valence-corrected chi connectivity index (χ0v) is 17.2. The summed E-state index contributed by atoms with van der Waals surface area (Å²) in [5, 5.41) is 4.52. The number of halogens is 1. The molecule has 31 heavy (non-hydrogen) atoms. The molecule has 4 aromatic rings. The highest BCUT2D eigenvalue weighted by molar-refractivity contribution is 6.30. The number of hydrogen-bond donors (Lipinski definition) is 0. The molecule has 7 nitrogen and oxygen atoms in total. The van der Waals surface area contributed by atoms with Crippen molar-refractivity contribution in [2.24, 2.45) is 0 Å². The number of pyridine rings is 1. The first-order chi connectivity index (χ1) is 15.2. The zero-order valence-electron chi connectivity index (χ0n) is 16.4. The molecule has 0 saturated carbocycles. The van der Waals surface area contributed by atoms with Gasteiger partial charge in [0.1, 0.15) is 12.4 Å². The van der Waals surface area contributed by atoms with Crippen molar-refractivity contribution in [1.82, 2.24) is 15.1 Å². The summed E-state index contributed by atoms with van der Waals surface area (Å²) in [7, 11) is 0. The summed E-state index contributed by atoms with van der Waals surface area (Å²) in [5.41, 5.74) is 1.65. The van der Waals surface area contributed by atoms with Crippen LogP contribution in [0.15, 0.2) is 77.4 Å². The molecular weight excluding hydrogens is 418 g/mol. The molecule has 0 aliphatic heterocycles. The lowest BCUT2D eigenvalue weighted by Crippen LogP contribution is -2.06. The normalized spacial score (nSPS) is 10.6. The van der Waals surface area contributed by atoms with Crippen LogP contribution in [0.3, 0.4) is 0 Å². The smallest absolute Gasteiger partial charge is 0.306 e. The van der Waals surface area contributed by atoms with E-state index in [-0.39, 0.29) is 19.0 Å². The number of carbonyl (C=O) groups is 1. The SMILES string of the molecule is O=C(CCc1nc(-c2cccc(Oc3ccc(Cl)cn3)c2)no1)OCc1ccccc1. The molecule has 0 radical (unpaired) electrons. The maximum absolute atomic E-state index is 12.0. The third-order valence-corrected chi connectivity index (χ3v) is 4.49. The van der Waals surface area contributed by atoms with Crippen LogP contribution in [0.25, 0.3) is 11.4 Å². The standard InChI is InChI=1S/C23H18ClN3O4/c24-18-9-10-20(25-14-18)30-19-8-4-7-17(13-19)23-26-21(31-27-23)11-12-22(28)29-15-16-5-2-1-3-6-16/h1-10,13-14H,11-12,15H2. The van der Waals surface area contributed by atoms with Crippen LogP contribution < -0.4 is 4.74 Å². The van der Waals surface area contributed by atoms with Crippen LogP contribution in [0.4, 0.5) is 0 Å². The highest BCUT2D eigenvalue weighted by Gasteiger charge is 2.12. The van der Waals surface area contributed by atoms with Gasteiger partial charge >= 0.3 is 5.97 Å². The number of hydrogen-bond acceptors (Lipinski definition) is 7. The summed E-state index contributed by atoms with van der Waals surface area (Å²) in [6.07, 6.45) is 1.96. The fourth-order valence-corrected chi connectivity index (χ4v) is 2.85. The van der Waals surface area contributed by atoms with E-state index in [0.717, 1.165) is 5.56 Å². The van der Waals surface area contributed by atoms with Crippen LogP contribution in [0, 0.1) is 0 Å². The molecule has 0 unspecified atom stereocenters. The second-order valence-electron chi connectivity index (χ2n) is 6.60. The van der Waals surface area contributed by atoms with Crippen molar-refractivity contribution in [3.8, 4) is 23.0 Å². The number of ether oxygens (including phenoxy) is 2. The van der Waals surface area contributed by atoms with Gasteiger partial charge in [0.25, 0.3) is 0 Å². The Kier molecular flexibility index (Phi) is 6.54. The maximum Gasteiger partial charge on any atom is 0.306 e. The molecule has 2 aromatic carbocycles. The lowest BCUT2D eigenvalue weighted by molar-refractivity contribution is -0.145. The van der Waals surface area contributed by atoms with Crippen LogP contribution >= 0.6 is 11.6 Å². The Balaban J connectivity index is 1.33. The second-order valence-corrected chi connectivity index (χ2v) is 7.04. The third-order valence-electron chi connectivity index (χ3n) is 4.27. The number of benzene rings is 2. The van der Waals surface area contributed by atoms with E-state index in [1.54, 1.807) is 24.3 Å². The van der Waals surface area contributed by atoms with Gasteiger partial charge in [0.2, 0.25) is 17.6 Å². The molecule has 4 rings (SSSR count). The zero-order chi connectivity index (χ0) is 21.5. The Morgan fingerprint density at radius 3 is 2.71 bits per heavy atom. The topological polar surface area (TPSA) is 87.3 Å². The maximum atomic E-state index is 12.0. The van der Waals surface area contributed by atoms with E-state index in [1.807, 2.05) is 42.5 Å². The highest BCUT2D eigenvalue weighted by atomic mass is 35.5. The van der Waals surface area contributed by atoms with Gasteiger partial charge in [-0.2, -0.15) is 4.98 Å². The molecule has 2 aromatic heterocycles. The van der Waals surface area contributed by atoms with Crippen molar-refractivity contribution in [2.45, 2.75) is 19.4 Å². The van der Waals surface area contributed by atoms with E-state index in [0.29, 0.717) is 40.4 Å². The molecule has 156 valence electrons. The van der Waals surface area contributed by atoms with Crippen molar-refractivity contribution in [1.29, 1.82) is 0 Å². The van der Waals surface area contributed by atoms with Gasteiger partial charge in [-0.3, -0.25) is 4.79 Å². The number of rotatable bonds is 8. The second kappa shape index (κ2) is 9.86. The van der Waals surface area contributed by atoms with Crippen molar-refractivity contribution in [3.05, 3.63) is 89.4 Å². The minimum absolute atomic E-state index is 0.153. The Morgan fingerprint density at radius 1 is 1.03 bits per heavy atom. The Labute approximate surface area is 183 Å². The van der Waals surface area contributed by atoms with Crippen molar-refractivity contribution < 1.29 is 18.8 Å². The highest BCUT2D eigenvalue weighted by Crippen LogP contribution is 2.25. The van der Waals surface area contributed by atoms with E-state index >= 15 is 0 Å². The average molecular weight is 436 g/mol. The minimum Gasteiger partial charge on any atom is -0.461 e. The van der Waals surface area contributed by atoms with Gasteiger partial charge in [-0.15, -0.1) is 0 Å². The van der Waals surface area contributed by atoms with E-state index in [2.05, 4.69) is 15.1 Å². The Morgan fingerprint density at radius 2 is 1.90 bits per heavy atom. The molecule has 0 spiro atoms. The number of carbonyl (C=O) groups excluding carboxylic acids is 1. The molecule has 0 N–H and O–H groups in total. The number of nitrogens with zero attached hydrogens (tertiary/aromatic N) is 3. The van der Waals surface area contributed by atoms with E-state index in [1.165, 1.54) is 6.20 Å². The van der Waals surface area contributed by atoms with Gasteiger partial charge < -0.3 is 14.0 Å². The van der Waals surface area contributed by atoms with Gasteiger partial charge in [0.15, 0.2) is 0 Å². The summed E-state index contributed by atoms with van der Waals surface area (Å²) in [5.74, 6) is 1.43. The van der Waals surface area contributed by atoms with Gasteiger partial charge in [-0.25, -0.2) is 4.98 Å². The van der Waals surface area contributed by atoms with Crippen LogP contribution in [-0.4, -0.2) is 21.1 Å². The van der Waals surface area contributed by atoms with Crippen molar-refractivity contribution >= 4 is 17.6 Å². The number of aromatic nitrogens is 3. The van der Waals surface area contributed by atoms with Crippen LogP contribution in [0.1, 0.15) is 17.9 Å². The molecule has 2 heterocycles. The fraction of sp³-hybridized carbons (Fsp3) is 0.130. The minimum atomic E-state index is -0.325. The molecular formula is C23H18ClN3O4. The summed E-state index contributed by atoms with van der Waals surface area (Å²) >= 11 is 5.84. The quantitative estimate of drug-likeness (QED) is 0.349. The first-order valence-corrected chi connectivity index (χ1v) is 9.95. The van der Waals surface area contributed by atoms with E-state index < -0.39 is 0 Å². The summed E-state index contributed by atoms with van der Waals surface area (Å²) in [6.45, 7) is 0.240. The van der Waals surface area contributed by atoms with Crippen molar-refractivity contribution in [2.75, 3.05) is 0 Å². The Bertz CT molecular complexity index is 1150. The van der Waals surface area contributed by atoms with Gasteiger partial charge in [-0.1, -0.05) is 59.2 Å². The van der Waals surface area contributed by atoms with Gasteiger partial charge in [0.05, 0.1) is 11.4 Å². The lowest BCUT2D eigenvalue weighted by Gasteiger charge is -2.05. The predicted molar refractivity (Wildman–Crippen MR) is 114 cm³/mol. The molecule has 0 bridgehead atoms. The summed E-state index contributed by atoms with van der Waals surface area (Å²) in [6, 6.07) is 20.1. The van der Waals surface area contributed by atoms with Crippen LogP contribution in [-0.2, 0) is 22.6 Å². The van der Waals surface area contributed by atoms with E-state index in [4.69, 9.17) is 25.6 Å². The molecule has 0 fully saturated rings. The lowest BCUT2D eigenvalue weighted by atomic mass is 10.2. The first-order valence-electron chi connectivity index (χ1n) is 9.58. The average Bonchev–Trinajstić information content (AvgIpc) is 3.28. The van der Waals surface area contributed by atoms with Crippen LogP contribution in [0.2, 0.25) is 5.02 Å². The largest absolute Gasteiger partial charge is 0.461 e. The van der Waals surface area contributed by atoms with Gasteiger partial charge in [0, 0.05) is 24.2 Å².